The Morgan fingerprint density at radius 2 is 1.92 bits per heavy atom. The molecule has 0 saturated heterocycles. The highest BCUT2D eigenvalue weighted by molar-refractivity contribution is 7.80. The molecule has 0 bridgehead atoms. The van der Waals surface area contributed by atoms with Crippen LogP contribution in [0.1, 0.15) is 13.8 Å². The molecule has 0 spiro atoms. The second kappa shape index (κ2) is 9.82. The second-order valence-corrected chi connectivity index (χ2v) is 5.76. The predicted octanol–water partition coefficient (Wildman–Crippen LogP) is 0.705. The Hall–Kier alpha value is -2.22. The summed E-state index contributed by atoms with van der Waals surface area (Å²) in [6.07, 6.45) is 0. The first-order valence-corrected chi connectivity index (χ1v) is 8.04. The van der Waals surface area contributed by atoms with Gasteiger partial charge in [-0.3, -0.25) is 9.59 Å². The average molecular weight is 355 g/mol. The number of benzene rings is 1. The van der Waals surface area contributed by atoms with Gasteiger partial charge < -0.3 is 20.5 Å². The van der Waals surface area contributed by atoms with Gasteiger partial charge in [-0.15, -0.1) is 0 Å². The van der Waals surface area contributed by atoms with Crippen LogP contribution < -0.4 is 15.4 Å². The number of ether oxygens (including phenoxy) is 1. The summed E-state index contributed by atoms with van der Waals surface area (Å²) < 4.78 is 13.1. The van der Waals surface area contributed by atoms with Gasteiger partial charge in [-0.25, -0.2) is 4.79 Å². The summed E-state index contributed by atoms with van der Waals surface area (Å²) in [5.41, 5.74) is 0. The Bertz CT molecular complexity index is 599. The fourth-order valence-corrected chi connectivity index (χ4v) is 2.07. The number of amides is 2. The van der Waals surface area contributed by atoms with E-state index in [-0.39, 0.29) is 11.7 Å². The van der Waals surface area contributed by atoms with Gasteiger partial charge in [0.1, 0.15) is 17.8 Å². The van der Waals surface area contributed by atoms with Crippen molar-refractivity contribution in [3.63, 3.8) is 0 Å². The van der Waals surface area contributed by atoms with Gasteiger partial charge in [0.25, 0.3) is 5.91 Å². The van der Waals surface area contributed by atoms with E-state index in [0.29, 0.717) is 11.1 Å². The smallest absolute Gasteiger partial charge is 0.326 e. The van der Waals surface area contributed by atoms with Crippen LogP contribution in [0.25, 0.3) is 0 Å². The number of carboxylic acids is 1. The molecule has 3 N–H and O–H groups in total. The molecule has 1 rings (SSSR count). The maximum atomic E-state index is 12.2. The summed E-state index contributed by atoms with van der Waals surface area (Å²) in [4.78, 5) is 35.5. The van der Waals surface area contributed by atoms with Gasteiger partial charge in [0.15, 0.2) is 8.02 Å². The molecular formula is C16H22N2O5S. The Morgan fingerprint density at radius 1 is 1.29 bits per heavy atom. The average Bonchev–Trinajstić information content (AvgIpc) is 2.58. The molecule has 0 aliphatic rings. The standard InChI is InChI=1S/C16H22N2O5S/c1-10(2)14(16(21)22)18-15(20)12(9-24)17-13(19)8-23-11-6-4-3-5-7-11/h3-7,10,12,14,24H,8-9H2,1-2H3,(H,17,19)(H,18,20)(H,21,22)/t12-,14-/m0/s1/i/hD. The second-order valence-electron chi connectivity index (χ2n) is 5.39. The maximum Gasteiger partial charge on any atom is 0.326 e. The first-order valence-electron chi connectivity index (χ1n) is 7.85. The fourth-order valence-electron chi connectivity index (χ4n) is 1.82. The minimum absolute atomic E-state index is 0.128. The van der Waals surface area contributed by atoms with E-state index in [4.69, 9.17) is 11.3 Å². The summed E-state index contributed by atoms with van der Waals surface area (Å²) in [5.74, 6) is -2.69. The zero-order valence-electron chi connectivity index (χ0n) is 14.5. The van der Waals surface area contributed by atoms with Crippen molar-refractivity contribution in [1.82, 2.24) is 10.6 Å². The lowest BCUT2D eigenvalue weighted by Gasteiger charge is -2.22. The van der Waals surface area contributed by atoms with Gasteiger partial charge >= 0.3 is 5.97 Å². The van der Waals surface area contributed by atoms with Crippen molar-refractivity contribution < 1.29 is 25.6 Å². The molecule has 0 fully saturated rings. The van der Waals surface area contributed by atoms with Gasteiger partial charge in [0.2, 0.25) is 5.91 Å². The summed E-state index contributed by atoms with van der Waals surface area (Å²) in [6.45, 7) is 2.87. The van der Waals surface area contributed by atoms with Crippen molar-refractivity contribution >= 4 is 30.4 Å². The van der Waals surface area contributed by atoms with Crippen LogP contribution in [0.4, 0.5) is 0 Å². The Balaban J connectivity index is 2.68. The number of rotatable bonds is 9. The van der Waals surface area contributed by atoms with Crippen molar-refractivity contribution in [3.8, 4) is 5.75 Å². The number of nitrogens with one attached hydrogen (secondary N) is 2. The lowest BCUT2D eigenvalue weighted by molar-refractivity contribution is -0.143. The maximum absolute atomic E-state index is 12.2. The van der Waals surface area contributed by atoms with Gasteiger partial charge in [-0.2, -0.15) is 12.6 Å². The van der Waals surface area contributed by atoms with Crippen LogP contribution in [0.5, 0.6) is 5.75 Å². The lowest BCUT2D eigenvalue weighted by atomic mass is 10.0. The number of para-hydroxylation sites is 1. The summed E-state index contributed by atoms with van der Waals surface area (Å²) >= 11 is 3.99. The summed E-state index contributed by atoms with van der Waals surface area (Å²) in [6, 6.07) is 6.24. The van der Waals surface area contributed by atoms with Crippen molar-refractivity contribution in [1.29, 1.82) is 0 Å². The van der Waals surface area contributed by atoms with Gasteiger partial charge in [0.05, 0.1) is 0 Å². The van der Waals surface area contributed by atoms with E-state index < -0.39 is 36.5 Å². The van der Waals surface area contributed by atoms with Gasteiger partial charge in [-0.05, 0) is 18.1 Å². The van der Waals surface area contributed by atoms with Gasteiger partial charge in [-0.1, -0.05) is 32.0 Å². The summed E-state index contributed by atoms with van der Waals surface area (Å²) in [5, 5.41) is 11.9. The van der Waals surface area contributed by atoms with Crippen LogP contribution >= 0.6 is 12.6 Å². The van der Waals surface area contributed by atoms with E-state index in [2.05, 4.69) is 17.9 Å². The molecule has 24 heavy (non-hydrogen) atoms. The molecule has 8 heteroatoms. The zero-order valence-corrected chi connectivity index (χ0v) is 14.4. The molecule has 132 valence electrons. The van der Waals surface area contributed by atoms with Crippen LogP contribution in [-0.2, 0) is 14.4 Å². The van der Waals surface area contributed by atoms with Crippen LogP contribution in [0, 0.1) is 5.92 Å². The van der Waals surface area contributed by atoms with Crippen LogP contribution in [0.2, 0.25) is 1.41 Å². The van der Waals surface area contributed by atoms with E-state index in [9.17, 15) is 14.4 Å². The monoisotopic (exact) mass is 355 g/mol. The zero-order chi connectivity index (χ0) is 19.0. The van der Waals surface area contributed by atoms with E-state index in [1.54, 1.807) is 44.2 Å². The first kappa shape index (κ1) is 18.1. The van der Waals surface area contributed by atoms with Crippen LogP contribution in [0.15, 0.2) is 30.3 Å². The first-order chi connectivity index (χ1) is 11.8. The van der Waals surface area contributed by atoms with Crippen molar-refractivity contribution in [2.75, 3.05) is 12.4 Å². The minimum atomic E-state index is -1.23. The normalized spacial score (nSPS) is 13.6. The van der Waals surface area contributed by atoms with Crippen molar-refractivity contribution in [2.45, 2.75) is 25.9 Å². The highest BCUT2D eigenvalue weighted by Crippen LogP contribution is 2.07. The Labute approximate surface area is 147 Å². The third kappa shape index (κ3) is 6.49. The molecule has 7 nitrogen and oxygen atoms in total. The molecular weight excluding hydrogens is 332 g/mol. The lowest BCUT2D eigenvalue weighted by Crippen LogP contribution is -2.54. The number of carbonyl (C=O) groups is 3. The molecule has 2 atom stereocenters. The van der Waals surface area contributed by atoms with Crippen LogP contribution in [0.3, 0.4) is 0 Å². The van der Waals surface area contributed by atoms with Crippen LogP contribution in [-0.4, -0.2) is 47.3 Å². The number of hydrogen-bond acceptors (Lipinski definition) is 5. The SMILES string of the molecule is [2H]N(C(=O)COc1ccccc1)[C@@H](CS)C(=O)N[C@H](C(=O)O)C(C)C. The number of thiol groups is 1. The third-order valence-electron chi connectivity index (χ3n) is 3.11. The Morgan fingerprint density at radius 3 is 2.42 bits per heavy atom. The topological polar surface area (TPSA) is 105 Å². The molecule has 0 unspecified atom stereocenters. The molecule has 0 saturated carbocycles. The highest BCUT2D eigenvalue weighted by Gasteiger charge is 2.27. The molecule has 0 aromatic heterocycles. The molecule has 1 aromatic rings. The van der Waals surface area contributed by atoms with E-state index in [0.717, 1.165) is 0 Å². The molecule has 0 heterocycles. The summed E-state index contributed by atoms with van der Waals surface area (Å²) in [7, 11) is 0. The molecule has 0 radical (unpaired) electrons. The molecule has 2 amide bonds. The van der Waals surface area contributed by atoms with E-state index in [1.165, 1.54) is 0 Å². The van der Waals surface area contributed by atoms with Crippen molar-refractivity contribution in [3.05, 3.63) is 30.3 Å². The molecule has 0 aliphatic carbocycles. The molecule has 1 aromatic carbocycles. The van der Waals surface area contributed by atoms with E-state index >= 15 is 0 Å². The Kier molecular flexibility index (Phi) is 7.41. The van der Waals surface area contributed by atoms with E-state index in [1.807, 2.05) is 0 Å². The largest absolute Gasteiger partial charge is 0.484 e. The number of carboxylic acid groups (broad SMARTS) is 1. The predicted molar refractivity (Wildman–Crippen MR) is 92.1 cm³/mol. The highest BCUT2D eigenvalue weighted by atomic mass is 32.1. The molecule has 0 aliphatic heterocycles. The number of carbonyl (C=O) groups excluding carboxylic acids is 2. The number of hydrogen-bond donors (Lipinski definition) is 4. The van der Waals surface area contributed by atoms with Gasteiger partial charge in [0, 0.05) is 5.75 Å². The van der Waals surface area contributed by atoms with Crippen molar-refractivity contribution in [2.24, 2.45) is 5.92 Å². The third-order valence-corrected chi connectivity index (χ3v) is 3.46. The fraction of sp³-hybridized carbons (Fsp3) is 0.438. The minimum Gasteiger partial charge on any atom is -0.484 e. The quantitative estimate of drug-likeness (QED) is 0.488. The number of aliphatic carboxylic acids is 1.